The Morgan fingerprint density at radius 3 is 2.59 bits per heavy atom. The largest absolute Gasteiger partial charge is 0.573 e. The van der Waals surface area contributed by atoms with Gasteiger partial charge in [-0.1, -0.05) is 0 Å². The quantitative estimate of drug-likeness (QED) is 0.696. The minimum atomic E-state index is -4.80. The standard InChI is InChI=1S/C14H11F3N2O3/c1-13(2,22-12(20)6-18)10-7-19-11-4-3-8(5-9(10)11)21-14(15,16)17/h3-5,7,19H,1-2H3. The number of nitrogens with one attached hydrogen (secondary N) is 1. The van der Waals surface area contributed by atoms with Crippen LogP contribution in [0.25, 0.3) is 10.9 Å². The molecule has 0 unspecified atom stereocenters. The number of hydrogen-bond acceptors (Lipinski definition) is 4. The predicted molar refractivity (Wildman–Crippen MR) is 69.7 cm³/mol. The molecule has 2 aromatic rings. The smallest absolute Gasteiger partial charge is 0.444 e. The van der Waals surface area contributed by atoms with Gasteiger partial charge in [0.25, 0.3) is 0 Å². The van der Waals surface area contributed by atoms with Crippen LogP contribution in [0, 0.1) is 11.3 Å². The number of hydrogen-bond donors (Lipinski definition) is 1. The van der Waals surface area contributed by atoms with Crippen LogP contribution >= 0.6 is 0 Å². The number of carbonyl (C=O) groups is 1. The van der Waals surface area contributed by atoms with E-state index in [1.165, 1.54) is 44.3 Å². The molecule has 116 valence electrons. The molecule has 8 heteroatoms. The summed E-state index contributed by atoms with van der Waals surface area (Å²) in [6.07, 6.45) is -3.29. The van der Waals surface area contributed by atoms with E-state index in [2.05, 4.69) is 9.72 Å². The Hall–Kier alpha value is -2.69. The molecule has 22 heavy (non-hydrogen) atoms. The fourth-order valence-corrected chi connectivity index (χ4v) is 2.10. The maximum atomic E-state index is 12.3. The molecule has 0 spiro atoms. The first-order valence-electron chi connectivity index (χ1n) is 6.13. The van der Waals surface area contributed by atoms with Crippen LogP contribution in [-0.2, 0) is 15.1 Å². The molecule has 1 heterocycles. The molecule has 0 fully saturated rings. The number of benzene rings is 1. The van der Waals surface area contributed by atoms with Gasteiger partial charge >= 0.3 is 12.3 Å². The van der Waals surface area contributed by atoms with E-state index < -0.39 is 17.9 Å². The van der Waals surface area contributed by atoms with E-state index in [0.29, 0.717) is 16.5 Å². The lowest BCUT2D eigenvalue weighted by atomic mass is 9.97. The Morgan fingerprint density at radius 2 is 2.00 bits per heavy atom. The van der Waals surface area contributed by atoms with Gasteiger partial charge in [-0.15, -0.1) is 13.2 Å². The van der Waals surface area contributed by atoms with Gasteiger partial charge in [0, 0.05) is 22.7 Å². The summed E-state index contributed by atoms with van der Waals surface area (Å²) in [6, 6.07) is 5.11. The minimum Gasteiger partial charge on any atom is -0.444 e. The first-order valence-corrected chi connectivity index (χ1v) is 6.13. The summed E-state index contributed by atoms with van der Waals surface area (Å²) < 4.78 is 45.7. The highest BCUT2D eigenvalue weighted by Crippen LogP contribution is 2.34. The number of aromatic nitrogens is 1. The molecule has 5 nitrogen and oxygen atoms in total. The Labute approximate surface area is 123 Å². The van der Waals surface area contributed by atoms with E-state index in [9.17, 15) is 18.0 Å². The third-order valence-electron chi connectivity index (χ3n) is 2.97. The summed E-state index contributed by atoms with van der Waals surface area (Å²) in [7, 11) is 0. The van der Waals surface area contributed by atoms with E-state index in [4.69, 9.17) is 10.00 Å². The SMILES string of the molecule is CC(C)(OC(=O)C#N)c1c[nH]c2ccc(OC(F)(F)F)cc12. The number of ether oxygens (including phenoxy) is 2. The summed E-state index contributed by atoms with van der Waals surface area (Å²) in [5.74, 6) is -1.47. The number of alkyl halides is 3. The number of fused-ring (bicyclic) bond motifs is 1. The van der Waals surface area contributed by atoms with Crippen molar-refractivity contribution in [1.29, 1.82) is 5.26 Å². The third kappa shape index (κ3) is 3.31. The zero-order valence-corrected chi connectivity index (χ0v) is 11.6. The molecule has 0 radical (unpaired) electrons. The number of halogens is 3. The van der Waals surface area contributed by atoms with Gasteiger partial charge in [-0.3, -0.25) is 0 Å². The zero-order valence-electron chi connectivity index (χ0n) is 11.6. The molecule has 1 N–H and O–H groups in total. The molecular formula is C14H11F3N2O3. The molecule has 0 aliphatic heterocycles. The monoisotopic (exact) mass is 312 g/mol. The van der Waals surface area contributed by atoms with E-state index in [1.807, 2.05) is 0 Å². The highest BCUT2D eigenvalue weighted by atomic mass is 19.4. The van der Waals surface area contributed by atoms with E-state index in [-0.39, 0.29) is 5.75 Å². The van der Waals surface area contributed by atoms with Crippen LogP contribution in [0.15, 0.2) is 24.4 Å². The fraction of sp³-hybridized carbons (Fsp3) is 0.286. The van der Waals surface area contributed by atoms with Crippen LogP contribution in [0.1, 0.15) is 19.4 Å². The Kier molecular flexibility index (Phi) is 3.75. The fourth-order valence-electron chi connectivity index (χ4n) is 2.10. The Bertz CT molecular complexity index is 757. The lowest BCUT2D eigenvalue weighted by molar-refractivity contribution is -0.274. The molecule has 1 aromatic carbocycles. The Balaban J connectivity index is 2.45. The number of nitriles is 1. The van der Waals surface area contributed by atoms with Crippen molar-refractivity contribution >= 4 is 16.9 Å². The van der Waals surface area contributed by atoms with Crippen molar-refractivity contribution in [1.82, 2.24) is 4.98 Å². The van der Waals surface area contributed by atoms with Gasteiger partial charge in [-0.05, 0) is 32.0 Å². The maximum Gasteiger partial charge on any atom is 0.573 e. The average molecular weight is 312 g/mol. The molecule has 0 aliphatic rings. The second-order valence-electron chi connectivity index (χ2n) is 4.97. The van der Waals surface area contributed by atoms with Crippen LogP contribution in [0.2, 0.25) is 0 Å². The predicted octanol–water partition coefficient (Wildman–Crippen LogP) is 3.37. The van der Waals surface area contributed by atoms with Gasteiger partial charge < -0.3 is 14.5 Å². The second-order valence-corrected chi connectivity index (χ2v) is 4.97. The lowest BCUT2D eigenvalue weighted by Gasteiger charge is -2.23. The average Bonchev–Trinajstić information content (AvgIpc) is 2.79. The van der Waals surface area contributed by atoms with Crippen molar-refractivity contribution in [2.24, 2.45) is 0 Å². The first-order chi connectivity index (χ1) is 10.1. The van der Waals surface area contributed by atoms with Crippen molar-refractivity contribution in [3.8, 4) is 11.8 Å². The van der Waals surface area contributed by atoms with Crippen molar-refractivity contribution in [3.63, 3.8) is 0 Å². The number of esters is 1. The van der Waals surface area contributed by atoms with Crippen LogP contribution < -0.4 is 4.74 Å². The highest BCUT2D eigenvalue weighted by Gasteiger charge is 2.32. The van der Waals surface area contributed by atoms with Crippen LogP contribution in [0.5, 0.6) is 5.75 Å². The van der Waals surface area contributed by atoms with Crippen molar-refractivity contribution in [2.75, 3.05) is 0 Å². The lowest BCUT2D eigenvalue weighted by Crippen LogP contribution is -2.24. The van der Waals surface area contributed by atoms with Gasteiger partial charge in [-0.2, -0.15) is 5.26 Å². The van der Waals surface area contributed by atoms with Crippen LogP contribution in [0.4, 0.5) is 13.2 Å². The molecule has 1 aromatic heterocycles. The molecular weight excluding hydrogens is 301 g/mol. The summed E-state index contributed by atoms with van der Waals surface area (Å²) >= 11 is 0. The summed E-state index contributed by atoms with van der Waals surface area (Å²) in [5, 5.41) is 8.90. The summed E-state index contributed by atoms with van der Waals surface area (Å²) in [4.78, 5) is 14.0. The van der Waals surface area contributed by atoms with Gasteiger partial charge in [0.05, 0.1) is 0 Å². The molecule has 0 saturated carbocycles. The molecule has 2 rings (SSSR count). The summed E-state index contributed by atoms with van der Waals surface area (Å²) in [5.41, 5.74) is -0.216. The van der Waals surface area contributed by atoms with Crippen molar-refractivity contribution in [3.05, 3.63) is 30.0 Å². The Morgan fingerprint density at radius 1 is 1.32 bits per heavy atom. The molecule has 0 aliphatic carbocycles. The zero-order chi connectivity index (χ0) is 16.5. The maximum absolute atomic E-state index is 12.3. The van der Waals surface area contributed by atoms with Crippen LogP contribution in [-0.4, -0.2) is 17.3 Å². The molecule has 0 saturated heterocycles. The van der Waals surface area contributed by atoms with E-state index in [1.54, 1.807) is 0 Å². The minimum absolute atomic E-state index is 0.386. The summed E-state index contributed by atoms with van der Waals surface area (Å²) in [6.45, 7) is 3.06. The van der Waals surface area contributed by atoms with Crippen molar-refractivity contribution < 1.29 is 27.4 Å². The topological polar surface area (TPSA) is 75.1 Å². The molecule has 0 amide bonds. The van der Waals surface area contributed by atoms with Gasteiger partial charge in [0.2, 0.25) is 0 Å². The second kappa shape index (κ2) is 5.26. The van der Waals surface area contributed by atoms with E-state index >= 15 is 0 Å². The molecule has 0 atom stereocenters. The van der Waals surface area contributed by atoms with Crippen LogP contribution in [0.3, 0.4) is 0 Å². The van der Waals surface area contributed by atoms with E-state index in [0.717, 1.165) is 0 Å². The van der Waals surface area contributed by atoms with Gasteiger partial charge in [-0.25, -0.2) is 4.79 Å². The third-order valence-corrected chi connectivity index (χ3v) is 2.97. The number of rotatable bonds is 3. The molecule has 0 bridgehead atoms. The number of carbonyl (C=O) groups excluding carboxylic acids is 1. The highest BCUT2D eigenvalue weighted by molar-refractivity contribution is 5.88. The first kappa shape index (κ1) is 15.7. The van der Waals surface area contributed by atoms with Gasteiger partial charge in [0.15, 0.2) is 6.07 Å². The number of aromatic amines is 1. The normalized spacial score (nSPS) is 12.0. The number of nitrogens with zero attached hydrogens (tertiary/aromatic N) is 1. The van der Waals surface area contributed by atoms with Crippen molar-refractivity contribution in [2.45, 2.75) is 25.8 Å². The van der Waals surface area contributed by atoms with Gasteiger partial charge in [0.1, 0.15) is 11.4 Å². The number of H-pyrrole nitrogens is 1.